The van der Waals surface area contributed by atoms with Gasteiger partial charge >= 0.3 is 0 Å². The lowest BCUT2D eigenvalue weighted by molar-refractivity contribution is -0.123. The molecule has 0 bridgehead atoms. The Hall–Kier alpha value is -0.610. The van der Waals surface area contributed by atoms with Gasteiger partial charge in [0.25, 0.3) is 0 Å². The SMILES string of the molecule is CCCC(C)NC(=O)CN1CCC(C)(NC)CC1. The highest BCUT2D eigenvalue weighted by Crippen LogP contribution is 2.20. The molecule has 0 aliphatic carbocycles. The number of carbonyl (C=O) groups is 1. The Balaban J connectivity index is 2.26. The molecule has 0 saturated carbocycles. The summed E-state index contributed by atoms with van der Waals surface area (Å²) >= 11 is 0. The highest BCUT2D eigenvalue weighted by molar-refractivity contribution is 5.78. The van der Waals surface area contributed by atoms with Gasteiger partial charge in [0.1, 0.15) is 0 Å². The third-order valence-corrected chi connectivity index (χ3v) is 4.06. The molecule has 4 nitrogen and oxygen atoms in total. The molecule has 4 heteroatoms. The molecule has 1 amide bonds. The third-order valence-electron chi connectivity index (χ3n) is 4.06. The highest BCUT2D eigenvalue weighted by atomic mass is 16.2. The van der Waals surface area contributed by atoms with Gasteiger partial charge in [0.15, 0.2) is 0 Å². The van der Waals surface area contributed by atoms with Crippen molar-refractivity contribution in [1.29, 1.82) is 0 Å². The summed E-state index contributed by atoms with van der Waals surface area (Å²) in [4.78, 5) is 14.1. The van der Waals surface area contributed by atoms with Gasteiger partial charge in [-0.2, -0.15) is 0 Å². The van der Waals surface area contributed by atoms with E-state index in [1.807, 2.05) is 7.05 Å². The minimum Gasteiger partial charge on any atom is -0.353 e. The molecule has 1 saturated heterocycles. The van der Waals surface area contributed by atoms with E-state index in [1.165, 1.54) is 0 Å². The van der Waals surface area contributed by atoms with Gasteiger partial charge in [0, 0.05) is 24.7 Å². The van der Waals surface area contributed by atoms with Crippen molar-refractivity contribution in [1.82, 2.24) is 15.5 Å². The summed E-state index contributed by atoms with van der Waals surface area (Å²) in [5, 5.41) is 6.44. The summed E-state index contributed by atoms with van der Waals surface area (Å²) in [6, 6.07) is 0.301. The zero-order valence-electron chi connectivity index (χ0n) is 12.4. The van der Waals surface area contributed by atoms with Crippen LogP contribution >= 0.6 is 0 Å². The van der Waals surface area contributed by atoms with Crippen LogP contribution in [0.25, 0.3) is 0 Å². The van der Waals surface area contributed by atoms with Crippen LogP contribution in [0.15, 0.2) is 0 Å². The first-order valence-corrected chi connectivity index (χ1v) is 7.19. The molecule has 1 fully saturated rings. The van der Waals surface area contributed by atoms with E-state index in [1.54, 1.807) is 0 Å². The second-order valence-electron chi connectivity index (χ2n) is 5.84. The van der Waals surface area contributed by atoms with Crippen LogP contribution in [-0.2, 0) is 4.79 Å². The molecule has 0 aromatic carbocycles. The van der Waals surface area contributed by atoms with Crippen LogP contribution in [-0.4, -0.2) is 49.1 Å². The van der Waals surface area contributed by atoms with Crippen LogP contribution < -0.4 is 10.6 Å². The summed E-state index contributed by atoms with van der Waals surface area (Å²) in [5.41, 5.74) is 0.252. The number of carbonyl (C=O) groups excluding carboxylic acids is 1. The maximum atomic E-state index is 11.9. The first kappa shape index (κ1) is 15.4. The van der Waals surface area contributed by atoms with E-state index in [0.717, 1.165) is 38.8 Å². The molecule has 18 heavy (non-hydrogen) atoms. The van der Waals surface area contributed by atoms with Gasteiger partial charge in [-0.3, -0.25) is 9.69 Å². The van der Waals surface area contributed by atoms with Gasteiger partial charge in [0.05, 0.1) is 6.54 Å². The number of nitrogens with one attached hydrogen (secondary N) is 2. The lowest BCUT2D eigenvalue weighted by Gasteiger charge is -2.39. The highest BCUT2D eigenvalue weighted by Gasteiger charge is 2.28. The molecule has 2 N–H and O–H groups in total. The number of hydrogen-bond donors (Lipinski definition) is 2. The Morgan fingerprint density at radius 2 is 2.00 bits per heavy atom. The Morgan fingerprint density at radius 3 is 2.50 bits per heavy atom. The zero-order valence-corrected chi connectivity index (χ0v) is 12.4. The van der Waals surface area contributed by atoms with Gasteiger partial charge in [-0.15, -0.1) is 0 Å². The summed E-state index contributed by atoms with van der Waals surface area (Å²) in [5.74, 6) is 0.170. The van der Waals surface area contributed by atoms with Crippen molar-refractivity contribution in [3.05, 3.63) is 0 Å². The van der Waals surface area contributed by atoms with Crippen LogP contribution in [0.1, 0.15) is 46.5 Å². The average molecular weight is 255 g/mol. The molecule has 1 aliphatic rings. The Bertz CT molecular complexity index is 260. The normalized spacial score (nSPS) is 21.6. The van der Waals surface area contributed by atoms with Crippen LogP contribution in [0, 0.1) is 0 Å². The van der Waals surface area contributed by atoms with Crippen molar-refractivity contribution < 1.29 is 4.79 Å². The predicted molar refractivity (Wildman–Crippen MR) is 75.7 cm³/mol. The molecule has 0 radical (unpaired) electrons. The van der Waals surface area contributed by atoms with E-state index in [2.05, 4.69) is 36.3 Å². The quantitative estimate of drug-likeness (QED) is 0.753. The van der Waals surface area contributed by atoms with Crippen LogP contribution in [0.3, 0.4) is 0 Å². The summed E-state index contributed by atoms with van der Waals surface area (Å²) < 4.78 is 0. The number of nitrogens with zero attached hydrogens (tertiary/aromatic N) is 1. The average Bonchev–Trinajstić information content (AvgIpc) is 2.32. The lowest BCUT2D eigenvalue weighted by atomic mass is 9.90. The third kappa shape index (κ3) is 4.94. The number of hydrogen-bond acceptors (Lipinski definition) is 3. The van der Waals surface area contributed by atoms with E-state index in [-0.39, 0.29) is 11.4 Å². The monoisotopic (exact) mass is 255 g/mol. The summed E-state index contributed by atoms with van der Waals surface area (Å²) in [7, 11) is 2.02. The molecular formula is C14H29N3O. The van der Waals surface area contributed by atoms with E-state index < -0.39 is 0 Å². The van der Waals surface area contributed by atoms with Crippen molar-refractivity contribution in [2.75, 3.05) is 26.7 Å². The van der Waals surface area contributed by atoms with Crippen molar-refractivity contribution >= 4 is 5.91 Å². The van der Waals surface area contributed by atoms with Gasteiger partial charge in [0.2, 0.25) is 5.91 Å². The van der Waals surface area contributed by atoms with E-state index >= 15 is 0 Å². The Labute approximate surface area is 111 Å². The van der Waals surface area contributed by atoms with Crippen LogP contribution in [0.2, 0.25) is 0 Å². The second kappa shape index (κ2) is 7.10. The van der Waals surface area contributed by atoms with E-state index in [0.29, 0.717) is 12.6 Å². The van der Waals surface area contributed by atoms with Crippen molar-refractivity contribution in [3.63, 3.8) is 0 Å². The van der Waals surface area contributed by atoms with E-state index in [9.17, 15) is 4.79 Å². The molecule has 1 atom stereocenters. The van der Waals surface area contributed by atoms with Crippen LogP contribution in [0.4, 0.5) is 0 Å². The number of likely N-dealkylation sites (tertiary alicyclic amines) is 1. The smallest absolute Gasteiger partial charge is 0.234 e. The van der Waals surface area contributed by atoms with Gasteiger partial charge in [-0.05, 0) is 40.2 Å². The topological polar surface area (TPSA) is 44.4 Å². The molecule has 1 heterocycles. The fourth-order valence-corrected chi connectivity index (χ4v) is 2.48. The van der Waals surface area contributed by atoms with Gasteiger partial charge < -0.3 is 10.6 Å². The van der Waals surface area contributed by atoms with Gasteiger partial charge in [-0.1, -0.05) is 13.3 Å². The maximum absolute atomic E-state index is 11.9. The van der Waals surface area contributed by atoms with E-state index in [4.69, 9.17) is 0 Å². The molecule has 0 spiro atoms. The second-order valence-corrected chi connectivity index (χ2v) is 5.84. The maximum Gasteiger partial charge on any atom is 0.234 e. The van der Waals surface area contributed by atoms with Crippen molar-refractivity contribution in [2.24, 2.45) is 0 Å². The predicted octanol–water partition coefficient (Wildman–Crippen LogP) is 1.37. The van der Waals surface area contributed by atoms with Crippen LogP contribution in [0.5, 0.6) is 0 Å². The Morgan fingerprint density at radius 1 is 1.39 bits per heavy atom. The molecule has 106 valence electrons. The summed E-state index contributed by atoms with van der Waals surface area (Å²) in [6.07, 6.45) is 4.40. The lowest BCUT2D eigenvalue weighted by Crippen LogP contribution is -2.52. The number of rotatable bonds is 6. The first-order chi connectivity index (χ1) is 8.49. The summed E-state index contributed by atoms with van der Waals surface area (Å²) in [6.45, 7) is 9.04. The fraction of sp³-hybridized carbons (Fsp3) is 0.929. The number of piperidine rings is 1. The minimum absolute atomic E-state index is 0.170. The largest absolute Gasteiger partial charge is 0.353 e. The Kier molecular flexibility index (Phi) is 6.09. The van der Waals surface area contributed by atoms with Crippen molar-refractivity contribution in [3.8, 4) is 0 Å². The number of amides is 1. The standard InChI is InChI=1S/C14H29N3O/c1-5-6-12(2)16-13(18)11-17-9-7-14(3,15-4)8-10-17/h12,15H,5-11H2,1-4H3,(H,16,18). The van der Waals surface area contributed by atoms with Gasteiger partial charge in [-0.25, -0.2) is 0 Å². The molecule has 1 rings (SSSR count). The molecule has 1 aliphatic heterocycles. The first-order valence-electron chi connectivity index (χ1n) is 7.19. The fourth-order valence-electron chi connectivity index (χ4n) is 2.48. The minimum atomic E-state index is 0.170. The molecule has 1 unspecified atom stereocenters. The molecule has 0 aromatic rings. The molecule has 0 aromatic heterocycles. The van der Waals surface area contributed by atoms with Crippen molar-refractivity contribution in [2.45, 2.75) is 58.0 Å². The molecular weight excluding hydrogens is 226 g/mol. The zero-order chi connectivity index (χ0) is 13.6.